The first-order chi connectivity index (χ1) is 8.63. The highest BCUT2D eigenvalue weighted by atomic mass is 28.4. The molecule has 5 heteroatoms. The van der Waals surface area contributed by atoms with Crippen molar-refractivity contribution in [1.82, 2.24) is 4.98 Å². The van der Waals surface area contributed by atoms with Crippen LogP contribution >= 0.6 is 0 Å². The van der Waals surface area contributed by atoms with Crippen LogP contribution in [0.5, 0.6) is 5.88 Å². The van der Waals surface area contributed by atoms with Gasteiger partial charge in [0.1, 0.15) is 6.61 Å². The topological polar surface area (TPSA) is 57.4 Å². The van der Waals surface area contributed by atoms with E-state index in [2.05, 4.69) is 38.8 Å². The lowest BCUT2D eigenvalue weighted by atomic mass is 10.2. The number of nitrogens with zero attached hydrogens (tertiary/aromatic N) is 1. The molecule has 1 rings (SSSR count). The van der Waals surface area contributed by atoms with E-state index < -0.39 is 8.32 Å². The van der Waals surface area contributed by atoms with Crippen molar-refractivity contribution in [1.29, 1.82) is 0 Å². The Bertz CT molecular complexity index is 428. The zero-order chi connectivity index (χ0) is 14.7. The molecule has 1 aromatic heterocycles. The van der Waals surface area contributed by atoms with Crippen molar-refractivity contribution in [2.24, 2.45) is 0 Å². The van der Waals surface area contributed by atoms with Gasteiger partial charge in [-0.3, -0.25) is 0 Å². The van der Waals surface area contributed by atoms with E-state index in [9.17, 15) is 0 Å². The molecule has 0 aromatic carbocycles. The predicted molar refractivity (Wildman–Crippen MR) is 82.0 cm³/mol. The van der Waals surface area contributed by atoms with Crippen molar-refractivity contribution in [3.63, 3.8) is 0 Å². The Hall–Kier alpha value is -1.07. The first-order valence-electron chi connectivity index (χ1n) is 6.63. The number of nitrogens with two attached hydrogens (primary N) is 1. The van der Waals surface area contributed by atoms with E-state index in [-0.39, 0.29) is 5.04 Å². The van der Waals surface area contributed by atoms with Gasteiger partial charge >= 0.3 is 0 Å². The molecule has 0 aliphatic heterocycles. The van der Waals surface area contributed by atoms with E-state index in [1.807, 2.05) is 13.0 Å². The van der Waals surface area contributed by atoms with Gasteiger partial charge in [-0.1, -0.05) is 20.8 Å². The summed E-state index contributed by atoms with van der Waals surface area (Å²) in [6.07, 6.45) is 0. The maximum atomic E-state index is 6.03. The number of hydrogen-bond donors (Lipinski definition) is 1. The molecule has 2 N–H and O–H groups in total. The van der Waals surface area contributed by atoms with Crippen molar-refractivity contribution in [2.75, 3.05) is 18.9 Å². The third-order valence-corrected chi connectivity index (χ3v) is 8.24. The minimum Gasteiger partial charge on any atom is -0.475 e. The van der Waals surface area contributed by atoms with Gasteiger partial charge < -0.3 is 14.9 Å². The molecule has 1 heterocycles. The van der Waals surface area contributed by atoms with Crippen molar-refractivity contribution >= 4 is 14.0 Å². The first kappa shape index (κ1) is 16.0. The van der Waals surface area contributed by atoms with E-state index in [4.69, 9.17) is 14.9 Å². The SMILES string of the molecule is Cc1nc(OCCO[Si](C)(C)C(C)(C)C)ccc1N. The van der Waals surface area contributed by atoms with Crippen LogP contribution in [0.3, 0.4) is 0 Å². The molecule has 0 bridgehead atoms. The summed E-state index contributed by atoms with van der Waals surface area (Å²) in [6, 6.07) is 3.60. The molecule has 0 saturated heterocycles. The Balaban J connectivity index is 2.41. The van der Waals surface area contributed by atoms with Crippen LogP contribution in [0.4, 0.5) is 5.69 Å². The molecular formula is C14H26N2O2Si. The van der Waals surface area contributed by atoms with Crippen LogP contribution < -0.4 is 10.5 Å². The molecule has 1 aromatic rings. The minimum atomic E-state index is -1.68. The number of pyridine rings is 1. The largest absolute Gasteiger partial charge is 0.475 e. The number of aryl methyl sites for hydroxylation is 1. The second kappa shape index (κ2) is 5.92. The molecule has 19 heavy (non-hydrogen) atoms. The van der Waals surface area contributed by atoms with Crippen LogP contribution in [0.15, 0.2) is 12.1 Å². The average molecular weight is 282 g/mol. The lowest BCUT2D eigenvalue weighted by Gasteiger charge is -2.36. The molecule has 0 unspecified atom stereocenters. The molecule has 0 fully saturated rings. The zero-order valence-corrected chi connectivity index (χ0v) is 13.9. The standard InChI is InChI=1S/C14H26N2O2Si/c1-11-12(15)7-8-13(16-11)17-9-10-18-19(5,6)14(2,3)4/h7-8H,9-10,15H2,1-6H3. The summed E-state index contributed by atoms with van der Waals surface area (Å²) in [4.78, 5) is 4.26. The number of hydrogen-bond acceptors (Lipinski definition) is 4. The van der Waals surface area contributed by atoms with Gasteiger partial charge in [0, 0.05) is 6.07 Å². The lowest BCUT2D eigenvalue weighted by molar-refractivity contribution is 0.199. The van der Waals surface area contributed by atoms with Gasteiger partial charge in [0.05, 0.1) is 18.0 Å². The maximum absolute atomic E-state index is 6.03. The van der Waals surface area contributed by atoms with Gasteiger partial charge in [-0.2, -0.15) is 0 Å². The van der Waals surface area contributed by atoms with Crippen molar-refractivity contribution in [3.8, 4) is 5.88 Å². The molecule has 0 spiro atoms. The van der Waals surface area contributed by atoms with Crippen LogP contribution in [0, 0.1) is 6.92 Å². The van der Waals surface area contributed by atoms with E-state index >= 15 is 0 Å². The highest BCUT2D eigenvalue weighted by molar-refractivity contribution is 6.74. The molecule has 0 amide bonds. The normalized spacial score (nSPS) is 12.5. The Labute approximate surface area is 117 Å². The van der Waals surface area contributed by atoms with Gasteiger partial charge in [0.25, 0.3) is 0 Å². The molecule has 0 radical (unpaired) electrons. The Kier molecular flexibility index (Phi) is 4.98. The number of anilines is 1. The second-order valence-corrected chi connectivity index (χ2v) is 11.1. The fourth-order valence-corrected chi connectivity index (χ4v) is 2.32. The number of ether oxygens (including phenoxy) is 1. The highest BCUT2D eigenvalue weighted by Crippen LogP contribution is 2.36. The van der Waals surface area contributed by atoms with Gasteiger partial charge in [0.15, 0.2) is 8.32 Å². The second-order valence-electron chi connectivity index (χ2n) is 6.28. The summed E-state index contributed by atoms with van der Waals surface area (Å²) >= 11 is 0. The average Bonchev–Trinajstić information content (AvgIpc) is 2.27. The van der Waals surface area contributed by atoms with Gasteiger partial charge in [-0.25, -0.2) is 4.98 Å². The van der Waals surface area contributed by atoms with Crippen LogP contribution in [-0.2, 0) is 4.43 Å². The number of aromatic nitrogens is 1. The molecular weight excluding hydrogens is 256 g/mol. The fourth-order valence-electron chi connectivity index (χ4n) is 1.29. The van der Waals surface area contributed by atoms with Crippen LogP contribution in [0.2, 0.25) is 18.1 Å². The summed E-state index contributed by atoms with van der Waals surface area (Å²) in [7, 11) is -1.68. The summed E-state index contributed by atoms with van der Waals surface area (Å²) in [6.45, 7) is 14.1. The Morgan fingerprint density at radius 1 is 1.21 bits per heavy atom. The highest BCUT2D eigenvalue weighted by Gasteiger charge is 2.36. The molecule has 0 atom stereocenters. The zero-order valence-electron chi connectivity index (χ0n) is 12.9. The summed E-state index contributed by atoms with van der Waals surface area (Å²) in [5.74, 6) is 0.602. The summed E-state index contributed by atoms with van der Waals surface area (Å²) < 4.78 is 11.6. The van der Waals surface area contributed by atoms with E-state index in [0.717, 1.165) is 5.69 Å². The van der Waals surface area contributed by atoms with Crippen molar-refractivity contribution < 1.29 is 9.16 Å². The molecule has 0 aliphatic carbocycles. The molecule has 0 saturated carbocycles. The number of nitrogen functional groups attached to an aromatic ring is 1. The van der Waals surface area contributed by atoms with E-state index in [1.54, 1.807) is 6.07 Å². The Morgan fingerprint density at radius 2 is 1.84 bits per heavy atom. The van der Waals surface area contributed by atoms with Crippen LogP contribution in [0.25, 0.3) is 0 Å². The third kappa shape index (κ3) is 4.51. The molecule has 0 aliphatic rings. The molecule has 108 valence electrons. The fraction of sp³-hybridized carbons (Fsp3) is 0.643. The monoisotopic (exact) mass is 282 g/mol. The summed E-state index contributed by atoms with van der Waals surface area (Å²) in [5.41, 5.74) is 7.19. The first-order valence-corrected chi connectivity index (χ1v) is 9.54. The summed E-state index contributed by atoms with van der Waals surface area (Å²) in [5, 5.41) is 0.225. The number of rotatable bonds is 5. The van der Waals surface area contributed by atoms with E-state index in [1.165, 1.54) is 0 Å². The maximum Gasteiger partial charge on any atom is 0.213 e. The Morgan fingerprint density at radius 3 is 2.37 bits per heavy atom. The van der Waals surface area contributed by atoms with Crippen molar-refractivity contribution in [3.05, 3.63) is 17.8 Å². The van der Waals surface area contributed by atoms with Crippen LogP contribution in [-0.4, -0.2) is 26.5 Å². The van der Waals surface area contributed by atoms with Crippen LogP contribution in [0.1, 0.15) is 26.5 Å². The predicted octanol–water partition coefficient (Wildman–Crippen LogP) is 3.37. The minimum absolute atomic E-state index is 0.225. The lowest BCUT2D eigenvalue weighted by Crippen LogP contribution is -2.41. The smallest absolute Gasteiger partial charge is 0.213 e. The van der Waals surface area contributed by atoms with Gasteiger partial charge in [-0.05, 0) is 31.1 Å². The van der Waals surface area contributed by atoms with E-state index in [0.29, 0.717) is 24.8 Å². The van der Waals surface area contributed by atoms with Gasteiger partial charge in [-0.15, -0.1) is 0 Å². The quantitative estimate of drug-likeness (QED) is 0.664. The van der Waals surface area contributed by atoms with Crippen molar-refractivity contribution in [2.45, 2.75) is 45.8 Å². The third-order valence-electron chi connectivity index (χ3n) is 3.70. The van der Waals surface area contributed by atoms with Gasteiger partial charge in [0.2, 0.25) is 5.88 Å². The molecule has 4 nitrogen and oxygen atoms in total.